The summed E-state index contributed by atoms with van der Waals surface area (Å²) in [5, 5.41) is 7.16. The molecule has 1 amide bonds. The molecular formula is C15H22N4OS. The average molecular weight is 306 g/mol. The molecule has 2 aromatic rings. The van der Waals surface area contributed by atoms with Crippen molar-refractivity contribution in [3.63, 3.8) is 0 Å². The fraction of sp³-hybridized carbons (Fsp3) is 0.533. The molecule has 0 saturated heterocycles. The van der Waals surface area contributed by atoms with Crippen LogP contribution in [0.15, 0.2) is 12.4 Å². The van der Waals surface area contributed by atoms with Crippen molar-refractivity contribution in [3.8, 4) is 0 Å². The van der Waals surface area contributed by atoms with Gasteiger partial charge in [0, 0.05) is 10.9 Å². The second-order valence-corrected chi connectivity index (χ2v) is 6.31. The molecule has 0 aromatic carbocycles. The molecule has 0 saturated carbocycles. The number of thiophene rings is 1. The predicted molar refractivity (Wildman–Crippen MR) is 87.8 cm³/mol. The Labute approximate surface area is 129 Å². The second kappa shape index (κ2) is 6.85. The van der Waals surface area contributed by atoms with Crippen molar-refractivity contribution in [3.05, 3.63) is 17.3 Å². The molecule has 0 spiro atoms. The number of carbonyl (C=O) groups excluding carboxylic acids is 1. The monoisotopic (exact) mass is 306 g/mol. The fourth-order valence-corrected chi connectivity index (χ4v) is 2.87. The van der Waals surface area contributed by atoms with Gasteiger partial charge in [-0.05, 0) is 32.8 Å². The van der Waals surface area contributed by atoms with Crippen molar-refractivity contribution >= 4 is 33.3 Å². The Morgan fingerprint density at radius 1 is 1.33 bits per heavy atom. The lowest BCUT2D eigenvalue weighted by molar-refractivity contribution is -0.122. The van der Waals surface area contributed by atoms with E-state index in [1.807, 2.05) is 13.8 Å². The van der Waals surface area contributed by atoms with Crippen molar-refractivity contribution < 1.29 is 4.79 Å². The summed E-state index contributed by atoms with van der Waals surface area (Å²) in [5.74, 6) is 0.713. The summed E-state index contributed by atoms with van der Waals surface area (Å²) in [7, 11) is 0. The number of fused-ring (bicyclic) bond motifs is 1. The zero-order chi connectivity index (χ0) is 15.4. The topological polar surface area (TPSA) is 66.9 Å². The zero-order valence-corrected chi connectivity index (χ0v) is 13.8. The van der Waals surface area contributed by atoms with Crippen LogP contribution in [0.25, 0.3) is 10.2 Å². The van der Waals surface area contributed by atoms with E-state index in [0.717, 1.165) is 28.9 Å². The number of anilines is 1. The molecule has 2 N–H and O–H groups in total. The molecule has 6 heteroatoms. The minimum atomic E-state index is -0.331. The van der Waals surface area contributed by atoms with Gasteiger partial charge in [0.15, 0.2) is 0 Å². The van der Waals surface area contributed by atoms with Gasteiger partial charge < -0.3 is 10.6 Å². The van der Waals surface area contributed by atoms with E-state index in [1.54, 1.807) is 17.7 Å². The van der Waals surface area contributed by atoms with Gasteiger partial charge in [-0.3, -0.25) is 4.79 Å². The number of nitrogens with zero attached hydrogens (tertiary/aromatic N) is 2. The maximum Gasteiger partial charge on any atom is 0.242 e. The third-order valence-electron chi connectivity index (χ3n) is 3.48. The van der Waals surface area contributed by atoms with E-state index in [1.165, 1.54) is 4.88 Å². The van der Waals surface area contributed by atoms with Gasteiger partial charge in [0.1, 0.15) is 23.0 Å². The molecule has 0 aliphatic heterocycles. The molecule has 5 nitrogen and oxygen atoms in total. The number of amides is 1. The van der Waals surface area contributed by atoms with Crippen molar-refractivity contribution in [1.29, 1.82) is 0 Å². The molecule has 0 aliphatic carbocycles. The molecule has 21 heavy (non-hydrogen) atoms. The summed E-state index contributed by atoms with van der Waals surface area (Å²) < 4.78 is 0. The van der Waals surface area contributed by atoms with Gasteiger partial charge in [-0.1, -0.05) is 13.8 Å². The number of nitrogens with one attached hydrogen (secondary N) is 2. The standard InChI is InChI=1S/C15H22N4OS/c1-5-9(3)18-14(20)10(4)19-13-12-7-11(6-2)21-15(12)17-8-16-13/h7-10H,5-6H2,1-4H3,(H,18,20)(H,16,17,19). The molecule has 0 aliphatic rings. The van der Waals surface area contributed by atoms with Crippen LogP contribution in [0.3, 0.4) is 0 Å². The zero-order valence-electron chi connectivity index (χ0n) is 12.9. The second-order valence-electron chi connectivity index (χ2n) is 5.19. The highest BCUT2D eigenvalue weighted by molar-refractivity contribution is 7.18. The third-order valence-corrected chi connectivity index (χ3v) is 4.66. The normalized spacial score (nSPS) is 13.9. The summed E-state index contributed by atoms with van der Waals surface area (Å²) in [6.45, 7) is 8.01. The van der Waals surface area contributed by atoms with E-state index in [4.69, 9.17) is 0 Å². The molecule has 0 fully saturated rings. The van der Waals surface area contributed by atoms with E-state index in [2.05, 4.69) is 40.5 Å². The van der Waals surface area contributed by atoms with Crippen LogP contribution in [0.2, 0.25) is 0 Å². The van der Waals surface area contributed by atoms with Gasteiger partial charge >= 0.3 is 0 Å². The van der Waals surface area contributed by atoms with Gasteiger partial charge in [0.05, 0.1) is 5.39 Å². The van der Waals surface area contributed by atoms with Crippen LogP contribution in [0.4, 0.5) is 5.82 Å². The molecule has 2 unspecified atom stereocenters. The van der Waals surface area contributed by atoms with Crippen LogP contribution >= 0.6 is 11.3 Å². The Morgan fingerprint density at radius 2 is 2.10 bits per heavy atom. The minimum Gasteiger partial charge on any atom is -0.358 e. The van der Waals surface area contributed by atoms with E-state index < -0.39 is 0 Å². The molecule has 2 aromatic heterocycles. The van der Waals surface area contributed by atoms with E-state index in [9.17, 15) is 4.79 Å². The lowest BCUT2D eigenvalue weighted by Crippen LogP contribution is -2.42. The first-order chi connectivity index (χ1) is 10.0. The summed E-state index contributed by atoms with van der Waals surface area (Å²) in [6, 6.07) is 1.95. The van der Waals surface area contributed by atoms with Gasteiger partial charge in [-0.25, -0.2) is 9.97 Å². The third kappa shape index (κ3) is 3.69. The minimum absolute atomic E-state index is 0.0120. The van der Waals surface area contributed by atoms with Crippen LogP contribution in [-0.4, -0.2) is 28.0 Å². The molecule has 114 valence electrons. The quantitative estimate of drug-likeness (QED) is 0.861. The Hall–Kier alpha value is -1.69. The first-order valence-corrected chi connectivity index (χ1v) is 8.17. The van der Waals surface area contributed by atoms with Gasteiger partial charge in [-0.15, -0.1) is 11.3 Å². The van der Waals surface area contributed by atoms with Crippen LogP contribution in [0.1, 0.15) is 39.0 Å². The highest BCUT2D eigenvalue weighted by atomic mass is 32.1. The molecule has 2 heterocycles. The Balaban J connectivity index is 2.15. The Morgan fingerprint density at radius 3 is 2.76 bits per heavy atom. The van der Waals surface area contributed by atoms with Gasteiger partial charge in [0.25, 0.3) is 0 Å². The Kier molecular flexibility index (Phi) is 5.12. The summed E-state index contributed by atoms with van der Waals surface area (Å²) >= 11 is 1.67. The fourth-order valence-electron chi connectivity index (χ4n) is 1.94. The SMILES string of the molecule is CCc1cc2c(NC(C)C(=O)NC(C)CC)ncnc2s1. The van der Waals surface area contributed by atoms with E-state index in [0.29, 0.717) is 0 Å². The van der Waals surface area contributed by atoms with Crippen LogP contribution in [0, 0.1) is 0 Å². The summed E-state index contributed by atoms with van der Waals surface area (Å²) in [6.07, 6.45) is 3.44. The van der Waals surface area contributed by atoms with Crippen molar-refractivity contribution in [2.45, 2.75) is 52.6 Å². The molecule has 0 bridgehead atoms. The van der Waals surface area contributed by atoms with Crippen LogP contribution in [0.5, 0.6) is 0 Å². The maximum atomic E-state index is 12.1. The smallest absolute Gasteiger partial charge is 0.242 e. The highest BCUT2D eigenvalue weighted by Crippen LogP contribution is 2.28. The molecule has 2 rings (SSSR count). The van der Waals surface area contributed by atoms with E-state index in [-0.39, 0.29) is 18.0 Å². The van der Waals surface area contributed by atoms with Crippen LogP contribution in [-0.2, 0) is 11.2 Å². The Bertz CT molecular complexity index is 625. The largest absolute Gasteiger partial charge is 0.358 e. The molecule has 0 radical (unpaired) electrons. The van der Waals surface area contributed by atoms with Crippen molar-refractivity contribution in [2.24, 2.45) is 0 Å². The number of aromatic nitrogens is 2. The first kappa shape index (κ1) is 15.7. The maximum absolute atomic E-state index is 12.1. The van der Waals surface area contributed by atoms with Gasteiger partial charge in [-0.2, -0.15) is 0 Å². The van der Waals surface area contributed by atoms with Gasteiger partial charge in [0.2, 0.25) is 5.91 Å². The number of hydrogen-bond donors (Lipinski definition) is 2. The predicted octanol–water partition coefficient (Wildman–Crippen LogP) is 2.97. The average Bonchev–Trinajstić information content (AvgIpc) is 2.91. The van der Waals surface area contributed by atoms with E-state index >= 15 is 0 Å². The lowest BCUT2D eigenvalue weighted by Gasteiger charge is -2.18. The van der Waals surface area contributed by atoms with Crippen molar-refractivity contribution in [1.82, 2.24) is 15.3 Å². The number of hydrogen-bond acceptors (Lipinski definition) is 5. The lowest BCUT2D eigenvalue weighted by atomic mass is 10.2. The molecule has 2 atom stereocenters. The number of rotatable bonds is 6. The van der Waals surface area contributed by atoms with Crippen molar-refractivity contribution in [2.75, 3.05) is 5.32 Å². The highest BCUT2D eigenvalue weighted by Gasteiger charge is 2.17. The first-order valence-electron chi connectivity index (χ1n) is 7.35. The molecular weight excluding hydrogens is 284 g/mol. The summed E-state index contributed by atoms with van der Waals surface area (Å²) in [4.78, 5) is 22.9. The number of carbonyl (C=O) groups is 1. The summed E-state index contributed by atoms with van der Waals surface area (Å²) in [5.41, 5.74) is 0. The van der Waals surface area contributed by atoms with Crippen LogP contribution < -0.4 is 10.6 Å². The number of aryl methyl sites for hydroxylation is 1.